The lowest BCUT2D eigenvalue weighted by atomic mass is 10.1. The molecule has 0 aromatic rings. The van der Waals surface area contributed by atoms with E-state index in [1.165, 1.54) is 12.8 Å². The average molecular weight is 643 g/mol. The van der Waals surface area contributed by atoms with E-state index in [2.05, 4.69) is 73.8 Å². The van der Waals surface area contributed by atoms with Crippen molar-refractivity contribution in [2.24, 2.45) is 5.73 Å². The summed E-state index contributed by atoms with van der Waals surface area (Å²) >= 11 is 0. The van der Waals surface area contributed by atoms with E-state index in [0.29, 0.717) is 38.6 Å². The molecule has 1 amide bonds. The third-order valence-corrected chi connectivity index (χ3v) is 7.53. The smallest absolute Gasteiger partial charge is 0.326 e. The normalized spacial score (nSPS) is 13.5. The Morgan fingerprint density at radius 2 is 1.26 bits per heavy atom. The molecule has 0 aliphatic heterocycles. The van der Waals surface area contributed by atoms with Crippen molar-refractivity contribution in [3.8, 4) is 0 Å². The summed E-state index contributed by atoms with van der Waals surface area (Å²) in [5, 5.41) is 11.9. The zero-order chi connectivity index (χ0) is 33.9. The van der Waals surface area contributed by atoms with Crippen LogP contribution in [-0.2, 0) is 19.1 Å². The molecular formula is C39H66N2O5. The van der Waals surface area contributed by atoms with Crippen molar-refractivity contribution in [1.82, 2.24) is 5.32 Å². The zero-order valence-corrected chi connectivity index (χ0v) is 29.1. The zero-order valence-electron chi connectivity index (χ0n) is 29.1. The van der Waals surface area contributed by atoms with E-state index in [1.807, 2.05) is 6.08 Å². The summed E-state index contributed by atoms with van der Waals surface area (Å²) in [6, 6.07) is -0.876. The van der Waals surface area contributed by atoms with Gasteiger partial charge in [0, 0.05) is 12.8 Å². The molecule has 0 radical (unpaired) electrons. The van der Waals surface area contributed by atoms with E-state index < -0.39 is 12.0 Å². The number of hydrogen-bond acceptors (Lipinski definition) is 5. The van der Waals surface area contributed by atoms with Gasteiger partial charge in [0.1, 0.15) is 12.1 Å². The van der Waals surface area contributed by atoms with E-state index in [1.54, 1.807) is 0 Å². The van der Waals surface area contributed by atoms with Crippen molar-refractivity contribution in [1.29, 1.82) is 0 Å². The largest absolute Gasteiger partial charge is 0.480 e. The Balaban J connectivity index is 4.30. The first-order chi connectivity index (χ1) is 22.4. The van der Waals surface area contributed by atoms with Crippen LogP contribution in [0.2, 0.25) is 0 Å². The quantitative estimate of drug-likeness (QED) is 0.0394. The highest BCUT2D eigenvalue weighted by atomic mass is 16.5. The van der Waals surface area contributed by atoms with Gasteiger partial charge in [0.2, 0.25) is 5.91 Å². The molecule has 0 spiro atoms. The van der Waals surface area contributed by atoms with Gasteiger partial charge >= 0.3 is 11.9 Å². The number of ether oxygens (including phenoxy) is 1. The second-order valence-corrected chi connectivity index (χ2v) is 11.9. The van der Waals surface area contributed by atoms with E-state index in [-0.39, 0.29) is 18.0 Å². The monoisotopic (exact) mass is 642 g/mol. The number of unbranched alkanes of at least 4 members (excludes halogenated alkanes) is 9. The predicted molar refractivity (Wildman–Crippen MR) is 193 cm³/mol. The van der Waals surface area contributed by atoms with Gasteiger partial charge in [0.05, 0.1) is 0 Å². The number of nitrogens with one attached hydrogen (secondary N) is 1. The summed E-state index contributed by atoms with van der Waals surface area (Å²) in [6.45, 7) is 4.71. The molecule has 2 unspecified atom stereocenters. The maximum Gasteiger partial charge on any atom is 0.326 e. The predicted octanol–water partition coefficient (Wildman–Crippen LogP) is 9.44. The van der Waals surface area contributed by atoms with Gasteiger partial charge in [-0.1, -0.05) is 107 Å². The maximum absolute atomic E-state index is 12.6. The van der Waals surface area contributed by atoms with Crippen molar-refractivity contribution in [3.63, 3.8) is 0 Å². The van der Waals surface area contributed by atoms with Crippen molar-refractivity contribution < 1.29 is 24.2 Å². The van der Waals surface area contributed by atoms with Crippen LogP contribution in [0.4, 0.5) is 0 Å². The molecule has 7 heteroatoms. The van der Waals surface area contributed by atoms with Crippen LogP contribution >= 0.6 is 0 Å². The topological polar surface area (TPSA) is 119 Å². The molecule has 0 fully saturated rings. The van der Waals surface area contributed by atoms with Gasteiger partial charge in [0.15, 0.2) is 0 Å². The van der Waals surface area contributed by atoms with E-state index in [9.17, 15) is 19.5 Å². The minimum Gasteiger partial charge on any atom is -0.480 e. The van der Waals surface area contributed by atoms with Crippen LogP contribution < -0.4 is 11.1 Å². The molecule has 0 bridgehead atoms. The highest BCUT2D eigenvalue weighted by molar-refractivity contribution is 5.83. The number of carboxylic acids is 1. The summed E-state index contributed by atoms with van der Waals surface area (Å²) in [5.74, 6) is -1.39. The third-order valence-electron chi connectivity index (χ3n) is 7.53. The number of carbonyl (C=O) groups excluding carboxylic acids is 2. The molecule has 262 valence electrons. The number of carbonyl (C=O) groups is 3. The molecule has 4 N–H and O–H groups in total. The van der Waals surface area contributed by atoms with Crippen molar-refractivity contribution in [2.45, 2.75) is 161 Å². The molecule has 0 saturated carbocycles. The first-order valence-electron chi connectivity index (χ1n) is 18.1. The molecule has 0 aromatic heterocycles. The van der Waals surface area contributed by atoms with Gasteiger partial charge < -0.3 is 20.9 Å². The van der Waals surface area contributed by atoms with Crippen LogP contribution in [0.3, 0.4) is 0 Å². The Labute approximate surface area is 280 Å². The number of allylic oxidation sites excluding steroid dienone is 9. The lowest BCUT2D eigenvalue weighted by Gasteiger charge is -2.15. The maximum atomic E-state index is 12.6. The number of carboxylic acid groups (broad SMARTS) is 1. The highest BCUT2D eigenvalue weighted by Gasteiger charge is 2.18. The van der Waals surface area contributed by atoms with Gasteiger partial charge in [-0.25, -0.2) is 4.79 Å². The third kappa shape index (κ3) is 29.8. The average Bonchev–Trinajstić information content (AvgIpc) is 3.04. The van der Waals surface area contributed by atoms with Crippen LogP contribution in [0.1, 0.15) is 149 Å². The molecule has 0 saturated heterocycles. The number of rotatable bonds is 31. The first kappa shape index (κ1) is 43.1. The van der Waals surface area contributed by atoms with Crippen LogP contribution in [0.15, 0.2) is 60.8 Å². The second-order valence-electron chi connectivity index (χ2n) is 11.9. The van der Waals surface area contributed by atoms with Crippen molar-refractivity contribution >= 4 is 17.8 Å². The van der Waals surface area contributed by atoms with Crippen molar-refractivity contribution in [3.05, 3.63) is 60.8 Å². The number of esters is 1. The first-order valence-corrected chi connectivity index (χ1v) is 18.1. The summed E-state index contributed by atoms with van der Waals surface area (Å²) in [4.78, 5) is 36.1. The Morgan fingerprint density at radius 3 is 1.93 bits per heavy atom. The fraction of sp³-hybridized carbons (Fsp3) is 0.667. The van der Waals surface area contributed by atoms with Crippen LogP contribution in [-0.4, -0.2) is 41.6 Å². The molecule has 0 rings (SSSR count). The standard InChI is InChI=1S/C39H66N2O5/c1-3-5-7-9-11-12-13-14-15-16-17-18-19-21-27-33-38(43)46-35(29-24-20-10-8-6-4-2)30-25-22-23-26-32-37(42)41-36(39(44)45)31-28-34-40/h5,7-8,10-12,14-15,24,29,35-36H,3-4,6,9,13,16-23,25-28,30-34,40H2,1-2H3,(H,41,42)(H,44,45)/b7-5-,10-8-,12-11-,15-14-,29-24-. The van der Waals surface area contributed by atoms with Crippen LogP contribution in [0, 0.1) is 0 Å². The second kappa shape index (κ2) is 33.4. The molecular weight excluding hydrogens is 576 g/mol. The molecule has 0 heterocycles. The minimum absolute atomic E-state index is 0.128. The molecule has 7 nitrogen and oxygen atoms in total. The van der Waals surface area contributed by atoms with Gasteiger partial charge in [-0.05, 0) is 96.1 Å². The number of aliphatic carboxylic acids is 1. The fourth-order valence-corrected chi connectivity index (χ4v) is 4.83. The Kier molecular flexibility index (Phi) is 31.3. The van der Waals surface area contributed by atoms with E-state index in [4.69, 9.17) is 10.5 Å². The Hall–Kier alpha value is -2.93. The summed E-state index contributed by atoms with van der Waals surface area (Å²) in [6.07, 6.45) is 40.0. The minimum atomic E-state index is -1.02. The molecule has 0 aromatic carbocycles. The van der Waals surface area contributed by atoms with Gasteiger partial charge in [-0.3, -0.25) is 9.59 Å². The SMILES string of the molecule is CC/C=C\C/C=C\C/C=C\CCCCCCCC(=O)OC(/C=C\C/C=C\CCC)CCCCCCC(=O)NC(CCCN)C(=O)O. The summed E-state index contributed by atoms with van der Waals surface area (Å²) in [5.41, 5.74) is 5.46. The van der Waals surface area contributed by atoms with E-state index in [0.717, 1.165) is 89.9 Å². The number of hydrogen-bond donors (Lipinski definition) is 3. The van der Waals surface area contributed by atoms with Crippen LogP contribution in [0.5, 0.6) is 0 Å². The molecule has 46 heavy (non-hydrogen) atoms. The molecule has 2 atom stereocenters. The lowest BCUT2D eigenvalue weighted by Crippen LogP contribution is -2.40. The number of amides is 1. The summed E-state index contributed by atoms with van der Waals surface area (Å²) < 4.78 is 5.84. The number of nitrogens with two attached hydrogens (primary N) is 1. The highest BCUT2D eigenvalue weighted by Crippen LogP contribution is 2.14. The summed E-state index contributed by atoms with van der Waals surface area (Å²) in [7, 11) is 0. The van der Waals surface area contributed by atoms with Crippen LogP contribution in [0.25, 0.3) is 0 Å². The van der Waals surface area contributed by atoms with Crippen molar-refractivity contribution in [2.75, 3.05) is 6.54 Å². The lowest BCUT2D eigenvalue weighted by molar-refractivity contribution is -0.147. The van der Waals surface area contributed by atoms with E-state index >= 15 is 0 Å². The molecule has 0 aliphatic carbocycles. The van der Waals surface area contributed by atoms with Gasteiger partial charge in [-0.2, -0.15) is 0 Å². The fourth-order valence-electron chi connectivity index (χ4n) is 4.83. The van der Waals surface area contributed by atoms with Gasteiger partial charge in [0.25, 0.3) is 0 Å². The Bertz CT molecular complexity index is 906. The molecule has 0 aliphatic rings. The Morgan fingerprint density at radius 1 is 0.674 bits per heavy atom. The van der Waals surface area contributed by atoms with Gasteiger partial charge in [-0.15, -0.1) is 0 Å².